The number of benzene rings is 1. The maximum absolute atomic E-state index is 11.7. The van der Waals surface area contributed by atoms with Crippen molar-refractivity contribution in [3.8, 4) is 5.75 Å². The summed E-state index contributed by atoms with van der Waals surface area (Å²) in [6, 6.07) is 4.94. The van der Waals surface area contributed by atoms with Crippen LogP contribution in [-0.2, 0) is 9.59 Å². The van der Waals surface area contributed by atoms with E-state index in [1.807, 2.05) is 20.8 Å². The molecule has 2 N–H and O–H groups in total. The van der Waals surface area contributed by atoms with E-state index in [4.69, 9.17) is 21.4 Å². The van der Waals surface area contributed by atoms with Crippen molar-refractivity contribution in [3.05, 3.63) is 34.9 Å². The highest BCUT2D eigenvalue weighted by molar-refractivity contribution is 6.32. The lowest BCUT2D eigenvalue weighted by Gasteiger charge is -2.20. The molecule has 0 bridgehead atoms. The second-order valence-corrected chi connectivity index (χ2v) is 5.82. The van der Waals surface area contributed by atoms with Crippen LogP contribution in [0.3, 0.4) is 0 Å². The van der Waals surface area contributed by atoms with E-state index in [9.17, 15) is 9.59 Å². The monoisotopic (exact) mass is 311 g/mol. The van der Waals surface area contributed by atoms with E-state index in [1.54, 1.807) is 18.2 Å². The molecule has 0 aliphatic carbocycles. The number of nitrogens with one attached hydrogen (secondary N) is 1. The summed E-state index contributed by atoms with van der Waals surface area (Å²) < 4.78 is 5.42. The molecule has 0 spiro atoms. The highest BCUT2D eigenvalue weighted by atomic mass is 35.5. The van der Waals surface area contributed by atoms with Gasteiger partial charge >= 0.3 is 5.97 Å². The lowest BCUT2D eigenvalue weighted by Crippen LogP contribution is -2.43. The van der Waals surface area contributed by atoms with E-state index in [1.165, 1.54) is 6.08 Å². The highest BCUT2D eigenvalue weighted by Gasteiger charge is 2.15. The zero-order chi connectivity index (χ0) is 16.0. The number of ether oxygens (including phenoxy) is 1. The van der Waals surface area contributed by atoms with Crippen molar-refractivity contribution in [2.45, 2.75) is 26.3 Å². The Morgan fingerprint density at radius 1 is 1.38 bits per heavy atom. The van der Waals surface area contributed by atoms with Crippen molar-refractivity contribution in [2.75, 3.05) is 6.61 Å². The number of carboxylic acids is 1. The Bertz CT molecular complexity index is 561. The van der Waals surface area contributed by atoms with E-state index in [0.717, 1.165) is 6.08 Å². The Labute approximate surface area is 128 Å². The summed E-state index contributed by atoms with van der Waals surface area (Å²) in [5.41, 5.74) is 0.140. The van der Waals surface area contributed by atoms with E-state index in [2.05, 4.69) is 5.32 Å². The van der Waals surface area contributed by atoms with Crippen molar-refractivity contribution < 1.29 is 19.4 Å². The van der Waals surface area contributed by atoms with Gasteiger partial charge in [-0.3, -0.25) is 4.79 Å². The molecular formula is C15H18ClNO4. The number of carbonyl (C=O) groups excluding carboxylic acids is 1. The minimum atomic E-state index is -1.08. The van der Waals surface area contributed by atoms with Gasteiger partial charge in [-0.15, -0.1) is 0 Å². The van der Waals surface area contributed by atoms with Crippen molar-refractivity contribution >= 4 is 29.6 Å². The molecule has 0 radical (unpaired) electrons. The Hall–Kier alpha value is -2.01. The van der Waals surface area contributed by atoms with Gasteiger partial charge in [0.05, 0.1) is 5.02 Å². The fourth-order valence-corrected chi connectivity index (χ4v) is 1.80. The summed E-state index contributed by atoms with van der Waals surface area (Å²) in [6.07, 6.45) is 2.35. The first kappa shape index (κ1) is 17.0. The van der Waals surface area contributed by atoms with E-state index >= 15 is 0 Å². The number of aliphatic carboxylic acids is 1. The molecule has 0 unspecified atom stereocenters. The molecule has 0 aliphatic rings. The first-order chi connectivity index (χ1) is 9.69. The van der Waals surface area contributed by atoms with Gasteiger partial charge in [-0.2, -0.15) is 0 Å². The fraction of sp³-hybridized carbons (Fsp3) is 0.333. The Morgan fingerprint density at radius 3 is 2.62 bits per heavy atom. The maximum atomic E-state index is 11.7. The number of amides is 1. The maximum Gasteiger partial charge on any atom is 0.328 e. The number of carbonyl (C=O) groups is 2. The molecule has 0 aromatic heterocycles. The minimum Gasteiger partial charge on any atom is -0.482 e. The molecule has 1 aromatic rings. The van der Waals surface area contributed by atoms with Crippen molar-refractivity contribution in [2.24, 2.45) is 0 Å². The average Bonchev–Trinajstić information content (AvgIpc) is 2.32. The predicted molar refractivity (Wildman–Crippen MR) is 81.5 cm³/mol. The molecule has 21 heavy (non-hydrogen) atoms. The summed E-state index contributed by atoms with van der Waals surface area (Å²) in [7, 11) is 0. The Kier molecular flexibility index (Phi) is 5.79. The molecule has 0 fully saturated rings. The number of hydrogen-bond acceptors (Lipinski definition) is 3. The van der Waals surface area contributed by atoms with Crippen LogP contribution in [-0.4, -0.2) is 29.1 Å². The van der Waals surface area contributed by atoms with Crippen LogP contribution < -0.4 is 10.1 Å². The van der Waals surface area contributed by atoms with Crippen molar-refractivity contribution in [1.82, 2.24) is 5.32 Å². The van der Waals surface area contributed by atoms with E-state index in [0.29, 0.717) is 10.6 Å². The van der Waals surface area contributed by atoms with Crippen molar-refractivity contribution in [1.29, 1.82) is 0 Å². The topological polar surface area (TPSA) is 75.6 Å². The minimum absolute atomic E-state index is 0.199. The van der Waals surface area contributed by atoms with Crippen LogP contribution >= 0.6 is 11.6 Å². The van der Waals surface area contributed by atoms with Gasteiger partial charge in [-0.1, -0.05) is 23.7 Å². The van der Waals surface area contributed by atoms with Crippen LogP contribution in [0.4, 0.5) is 0 Å². The van der Waals surface area contributed by atoms with Crippen LogP contribution in [0.5, 0.6) is 5.75 Å². The van der Waals surface area contributed by atoms with Gasteiger partial charge in [0.1, 0.15) is 5.75 Å². The lowest BCUT2D eigenvalue weighted by molar-refractivity contribution is -0.131. The fourth-order valence-electron chi connectivity index (χ4n) is 1.56. The van der Waals surface area contributed by atoms with Gasteiger partial charge in [-0.25, -0.2) is 4.79 Å². The molecule has 5 nitrogen and oxygen atoms in total. The zero-order valence-corrected chi connectivity index (χ0v) is 12.9. The standard InChI is InChI=1S/C15H18ClNO4/c1-15(2,3)17-12(18)9-21-14-10(7-8-13(19)20)5-4-6-11(14)16/h4-8H,9H2,1-3H3,(H,17,18)(H,19,20)/b8-7+. The Morgan fingerprint density at radius 2 is 2.05 bits per heavy atom. The molecule has 0 saturated heterocycles. The molecule has 1 aromatic carbocycles. The normalized spacial score (nSPS) is 11.4. The van der Waals surface area contributed by atoms with Gasteiger partial charge < -0.3 is 15.2 Å². The summed E-state index contributed by atoms with van der Waals surface area (Å²) in [5.74, 6) is -1.08. The largest absolute Gasteiger partial charge is 0.482 e. The van der Waals surface area contributed by atoms with E-state index < -0.39 is 5.97 Å². The van der Waals surface area contributed by atoms with Gasteiger partial charge in [-0.05, 0) is 32.9 Å². The molecule has 0 atom stereocenters. The first-order valence-electron chi connectivity index (χ1n) is 6.32. The summed E-state index contributed by atoms with van der Waals surface area (Å²) >= 11 is 6.02. The van der Waals surface area contributed by atoms with E-state index in [-0.39, 0.29) is 23.8 Å². The van der Waals surface area contributed by atoms with Gasteiger partial charge in [0.2, 0.25) is 0 Å². The second kappa shape index (κ2) is 7.13. The number of para-hydroxylation sites is 1. The van der Waals surface area contributed by atoms with Crippen LogP contribution in [0.15, 0.2) is 24.3 Å². The molecule has 0 aliphatic heterocycles. The third-order valence-corrected chi connectivity index (χ3v) is 2.56. The lowest BCUT2D eigenvalue weighted by atomic mass is 10.1. The highest BCUT2D eigenvalue weighted by Crippen LogP contribution is 2.29. The Balaban J connectivity index is 2.83. The van der Waals surface area contributed by atoms with Crippen LogP contribution in [0.25, 0.3) is 6.08 Å². The van der Waals surface area contributed by atoms with Crippen LogP contribution in [0.2, 0.25) is 5.02 Å². The molecule has 0 heterocycles. The van der Waals surface area contributed by atoms with Crippen molar-refractivity contribution in [3.63, 3.8) is 0 Å². The van der Waals surface area contributed by atoms with Gasteiger partial charge in [0.15, 0.2) is 6.61 Å². The zero-order valence-electron chi connectivity index (χ0n) is 12.1. The molecular weight excluding hydrogens is 294 g/mol. The SMILES string of the molecule is CC(C)(C)NC(=O)COc1c(Cl)cccc1/C=C/C(=O)O. The third-order valence-electron chi connectivity index (χ3n) is 2.26. The quantitative estimate of drug-likeness (QED) is 0.820. The van der Waals surface area contributed by atoms with Crippen LogP contribution in [0, 0.1) is 0 Å². The summed E-state index contributed by atoms with van der Waals surface area (Å²) in [5, 5.41) is 11.7. The average molecular weight is 312 g/mol. The third kappa shape index (κ3) is 6.31. The second-order valence-electron chi connectivity index (χ2n) is 5.42. The van der Waals surface area contributed by atoms with Gasteiger partial charge in [0.25, 0.3) is 5.91 Å². The predicted octanol–water partition coefficient (Wildman–Crippen LogP) is 2.73. The smallest absolute Gasteiger partial charge is 0.328 e. The first-order valence-corrected chi connectivity index (χ1v) is 6.70. The number of carboxylic acid groups (broad SMARTS) is 1. The van der Waals surface area contributed by atoms with Gasteiger partial charge in [0, 0.05) is 17.2 Å². The summed E-state index contributed by atoms with van der Waals surface area (Å²) in [6.45, 7) is 5.39. The molecule has 114 valence electrons. The molecule has 6 heteroatoms. The van der Waals surface area contributed by atoms with Crippen LogP contribution in [0.1, 0.15) is 26.3 Å². The number of hydrogen-bond donors (Lipinski definition) is 2. The summed E-state index contributed by atoms with van der Waals surface area (Å²) in [4.78, 5) is 22.3. The number of halogens is 1. The molecule has 1 amide bonds. The molecule has 1 rings (SSSR count). The molecule has 0 saturated carbocycles. The number of rotatable bonds is 5.